The van der Waals surface area contributed by atoms with Crippen LogP contribution in [0.4, 0.5) is 13.2 Å². The molecule has 1 heterocycles. The Labute approximate surface area is 105 Å². The molecule has 1 atom stereocenters. The molecule has 1 fully saturated rings. The number of rotatable bonds is 7. The maximum Gasteiger partial charge on any atom is 0.401 e. The number of ether oxygens (including phenoxy) is 2. The Kier molecular flexibility index (Phi) is 6.34. The van der Waals surface area contributed by atoms with Gasteiger partial charge in [0.2, 0.25) is 0 Å². The van der Waals surface area contributed by atoms with Crippen LogP contribution in [-0.2, 0) is 9.47 Å². The van der Waals surface area contributed by atoms with Crippen LogP contribution in [0.2, 0.25) is 0 Å². The minimum Gasteiger partial charge on any atom is -0.355 e. The van der Waals surface area contributed by atoms with Crippen molar-refractivity contribution in [1.82, 2.24) is 10.2 Å². The Morgan fingerprint density at radius 3 is 2.56 bits per heavy atom. The lowest BCUT2D eigenvalue weighted by molar-refractivity contribution is -0.143. The Hall–Kier alpha value is -0.370. The van der Waals surface area contributed by atoms with E-state index < -0.39 is 12.7 Å². The van der Waals surface area contributed by atoms with Gasteiger partial charge in [-0.3, -0.25) is 4.90 Å². The standard InChI is InChI=1S/C11H21F3N2O2/c1-17-10(18-2)6-15-5-9-3-4-16(7-9)8-11(12,13)14/h9-10,15H,3-8H2,1-2H3. The van der Waals surface area contributed by atoms with Gasteiger partial charge in [-0.2, -0.15) is 13.2 Å². The fourth-order valence-corrected chi connectivity index (χ4v) is 2.14. The van der Waals surface area contributed by atoms with E-state index in [1.165, 1.54) is 4.90 Å². The molecule has 0 saturated carbocycles. The van der Waals surface area contributed by atoms with E-state index in [9.17, 15) is 13.2 Å². The molecule has 1 N–H and O–H groups in total. The topological polar surface area (TPSA) is 33.7 Å². The molecule has 0 radical (unpaired) electrons. The normalized spacial score (nSPS) is 22.0. The van der Waals surface area contributed by atoms with E-state index in [1.54, 1.807) is 14.2 Å². The van der Waals surface area contributed by atoms with E-state index in [1.807, 2.05) is 0 Å². The van der Waals surface area contributed by atoms with Gasteiger partial charge < -0.3 is 14.8 Å². The zero-order valence-corrected chi connectivity index (χ0v) is 10.8. The number of hydrogen-bond acceptors (Lipinski definition) is 4. The third kappa shape index (κ3) is 5.99. The van der Waals surface area contributed by atoms with Gasteiger partial charge in [0, 0.05) is 27.3 Å². The zero-order chi connectivity index (χ0) is 13.6. The Morgan fingerprint density at radius 2 is 2.00 bits per heavy atom. The molecule has 0 spiro atoms. The molecule has 1 aliphatic heterocycles. The van der Waals surface area contributed by atoms with Gasteiger partial charge in [0.15, 0.2) is 6.29 Å². The largest absolute Gasteiger partial charge is 0.401 e. The van der Waals surface area contributed by atoms with Crippen LogP contribution in [0.25, 0.3) is 0 Å². The average molecular weight is 270 g/mol. The summed E-state index contributed by atoms with van der Waals surface area (Å²) in [5.41, 5.74) is 0. The summed E-state index contributed by atoms with van der Waals surface area (Å²) in [6.45, 7) is 1.45. The second kappa shape index (κ2) is 7.28. The van der Waals surface area contributed by atoms with E-state index >= 15 is 0 Å². The molecule has 0 aromatic heterocycles. The molecular weight excluding hydrogens is 249 g/mol. The van der Waals surface area contributed by atoms with Crippen molar-refractivity contribution in [2.24, 2.45) is 5.92 Å². The van der Waals surface area contributed by atoms with Crippen LogP contribution in [0.3, 0.4) is 0 Å². The number of halogens is 3. The minimum absolute atomic E-state index is 0.265. The van der Waals surface area contributed by atoms with Crippen molar-refractivity contribution >= 4 is 0 Å². The van der Waals surface area contributed by atoms with Gasteiger partial charge in [0.1, 0.15) is 0 Å². The van der Waals surface area contributed by atoms with Gasteiger partial charge in [0.05, 0.1) is 6.54 Å². The number of nitrogens with zero attached hydrogens (tertiary/aromatic N) is 1. The predicted molar refractivity (Wildman–Crippen MR) is 61.3 cm³/mol. The highest BCUT2D eigenvalue weighted by Crippen LogP contribution is 2.22. The van der Waals surface area contributed by atoms with E-state index in [4.69, 9.17) is 9.47 Å². The van der Waals surface area contributed by atoms with E-state index in [0.717, 1.165) is 6.42 Å². The quantitative estimate of drug-likeness (QED) is 0.702. The molecule has 4 nitrogen and oxygen atoms in total. The molecule has 1 unspecified atom stereocenters. The highest BCUT2D eigenvalue weighted by Gasteiger charge is 2.34. The summed E-state index contributed by atoms with van der Waals surface area (Å²) < 4.78 is 46.6. The molecule has 7 heteroatoms. The van der Waals surface area contributed by atoms with Gasteiger partial charge in [-0.25, -0.2) is 0 Å². The number of likely N-dealkylation sites (tertiary alicyclic amines) is 1. The molecule has 0 aromatic carbocycles. The van der Waals surface area contributed by atoms with Crippen LogP contribution < -0.4 is 5.32 Å². The third-order valence-electron chi connectivity index (χ3n) is 3.04. The second-order valence-corrected chi connectivity index (χ2v) is 4.56. The summed E-state index contributed by atoms with van der Waals surface area (Å²) in [6, 6.07) is 0. The van der Waals surface area contributed by atoms with Crippen molar-refractivity contribution in [1.29, 1.82) is 0 Å². The Balaban J connectivity index is 2.15. The summed E-state index contributed by atoms with van der Waals surface area (Å²) in [4.78, 5) is 1.45. The van der Waals surface area contributed by atoms with Crippen LogP contribution in [0, 0.1) is 5.92 Å². The number of alkyl halides is 3. The van der Waals surface area contributed by atoms with Crippen LogP contribution in [0.5, 0.6) is 0 Å². The monoisotopic (exact) mass is 270 g/mol. The summed E-state index contributed by atoms with van der Waals surface area (Å²) >= 11 is 0. The molecule has 1 aliphatic rings. The molecule has 1 rings (SSSR count). The van der Waals surface area contributed by atoms with Gasteiger partial charge in [0.25, 0.3) is 0 Å². The molecule has 0 amide bonds. The van der Waals surface area contributed by atoms with Crippen LogP contribution in [-0.4, -0.2) is 64.3 Å². The number of hydrogen-bond donors (Lipinski definition) is 1. The fraction of sp³-hybridized carbons (Fsp3) is 1.00. The zero-order valence-electron chi connectivity index (χ0n) is 10.8. The SMILES string of the molecule is COC(CNCC1CCN(CC(F)(F)F)C1)OC. The summed E-state index contributed by atoms with van der Waals surface area (Å²) in [6.07, 6.45) is -3.61. The molecule has 108 valence electrons. The molecule has 0 bridgehead atoms. The van der Waals surface area contributed by atoms with Crippen molar-refractivity contribution in [3.05, 3.63) is 0 Å². The van der Waals surface area contributed by atoms with Crippen molar-refractivity contribution in [3.63, 3.8) is 0 Å². The second-order valence-electron chi connectivity index (χ2n) is 4.56. The molecule has 18 heavy (non-hydrogen) atoms. The van der Waals surface area contributed by atoms with Crippen LogP contribution in [0.1, 0.15) is 6.42 Å². The lowest BCUT2D eigenvalue weighted by Gasteiger charge is -2.19. The first-order chi connectivity index (χ1) is 8.44. The Morgan fingerprint density at radius 1 is 1.33 bits per heavy atom. The van der Waals surface area contributed by atoms with Gasteiger partial charge in [-0.15, -0.1) is 0 Å². The van der Waals surface area contributed by atoms with Crippen LogP contribution >= 0.6 is 0 Å². The maximum absolute atomic E-state index is 12.2. The first-order valence-corrected chi connectivity index (χ1v) is 6.00. The minimum atomic E-state index is -4.10. The molecule has 1 saturated heterocycles. The van der Waals surface area contributed by atoms with Crippen molar-refractivity contribution in [2.75, 3.05) is 46.9 Å². The lowest BCUT2D eigenvalue weighted by atomic mass is 10.1. The average Bonchev–Trinajstić information content (AvgIpc) is 2.69. The highest BCUT2D eigenvalue weighted by atomic mass is 19.4. The first-order valence-electron chi connectivity index (χ1n) is 6.00. The van der Waals surface area contributed by atoms with E-state index in [2.05, 4.69) is 5.32 Å². The summed E-state index contributed by atoms with van der Waals surface area (Å²) in [5.74, 6) is 0.265. The summed E-state index contributed by atoms with van der Waals surface area (Å²) in [5, 5.41) is 3.15. The van der Waals surface area contributed by atoms with Gasteiger partial charge in [-0.05, 0) is 25.4 Å². The third-order valence-corrected chi connectivity index (χ3v) is 3.04. The maximum atomic E-state index is 12.2. The number of nitrogens with one attached hydrogen (secondary N) is 1. The van der Waals surface area contributed by atoms with Crippen molar-refractivity contribution in [2.45, 2.75) is 18.9 Å². The fourth-order valence-electron chi connectivity index (χ4n) is 2.14. The predicted octanol–water partition coefficient (Wildman–Crippen LogP) is 1.08. The molecule has 0 aliphatic carbocycles. The number of methoxy groups -OCH3 is 2. The van der Waals surface area contributed by atoms with E-state index in [0.29, 0.717) is 26.2 Å². The molecular formula is C11H21F3N2O2. The smallest absolute Gasteiger partial charge is 0.355 e. The van der Waals surface area contributed by atoms with Crippen molar-refractivity contribution < 1.29 is 22.6 Å². The summed E-state index contributed by atoms with van der Waals surface area (Å²) in [7, 11) is 3.10. The van der Waals surface area contributed by atoms with E-state index in [-0.39, 0.29) is 12.2 Å². The van der Waals surface area contributed by atoms with Crippen molar-refractivity contribution in [3.8, 4) is 0 Å². The highest BCUT2D eigenvalue weighted by molar-refractivity contribution is 4.78. The first kappa shape index (κ1) is 15.7. The van der Waals surface area contributed by atoms with Gasteiger partial charge >= 0.3 is 6.18 Å². The van der Waals surface area contributed by atoms with Crippen LogP contribution in [0.15, 0.2) is 0 Å². The Bertz CT molecular complexity index is 235. The molecule has 0 aromatic rings. The van der Waals surface area contributed by atoms with Gasteiger partial charge in [-0.1, -0.05) is 0 Å². The lowest BCUT2D eigenvalue weighted by Crippen LogP contribution is -2.35.